The van der Waals surface area contributed by atoms with Gasteiger partial charge >= 0.3 is 6.03 Å². The molecular weight excluding hydrogens is 398 g/mol. The van der Waals surface area contributed by atoms with Gasteiger partial charge in [0.15, 0.2) is 5.92 Å². The van der Waals surface area contributed by atoms with E-state index in [9.17, 15) is 14.4 Å². The number of halogens is 1. The number of carbonyl (C=O) groups is 3. The lowest BCUT2D eigenvalue weighted by molar-refractivity contribution is -0.131. The Bertz CT molecular complexity index is 893. The Kier molecular flexibility index (Phi) is 5.27. The van der Waals surface area contributed by atoms with E-state index in [-0.39, 0.29) is 0 Å². The van der Waals surface area contributed by atoms with Crippen LogP contribution in [0.4, 0.5) is 16.2 Å². The number of aliphatic imine (C=N–C) groups is 1. The van der Waals surface area contributed by atoms with Crippen molar-refractivity contribution in [2.24, 2.45) is 10.9 Å². The molecule has 1 saturated heterocycles. The second kappa shape index (κ2) is 7.61. The first-order valence-corrected chi connectivity index (χ1v) is 8.87. The number of hydrogen-bond acceptors (Lipinski definition) is 4. The van der Waals surface area contributed by atoms with E-state index in [1.807, 2.05) is 31.2 Å². The molecule has 4 amide bonds. The second-order valence-corrected chi connectivity index (χ2v) is 6.60. The van der Waals surface area contributed by atoms with Gasteiger partial charge in [0.2, 0.25) is 5.91 Å². The lowest BCUT2D eigenvalue weighted by Crippen LogP contribution is -2.58. The summed E-state index contributed by atoms with van der Waals surface area (Å²) >= 11 is 3.31. The molecule has 0 aliphatic carbocycles. The molecule has 7 heteroatoms. The molecule has 2 aromatic rings. The van der Waals surface area contributed by atoms with E-state index < -0.39 is 23.8 Å². The molecule has 0 saturated carbocycles. The van der Waals surface area contributed by atoms with E-state index in [4.69, 9.17) is 0 Å². The Labute approximate surface area is 159 Å². The van der Waals surface area contributed by atoms with Crippen LogP contribution >= 0.6 is 15.9 Å². The number of carbonyl (C=O) groups excluding carboxylic acids is 3. The van der Waals surface area contributed by atoms with Crippen LogP contribution in [-0.4, -0.2) is 24.1 Å². The molecule has 0 spiro atoms. The summed E-state index contributed by atoms with van der Waals surface area (Å²) in [6, 6.07) is 13.4. The summed E-state index contributed by atoms with van der Waals surface area (Å²) in [7, 11) is 0. The molecule has 1 fully saturated rings. The van der Waals surface area contributed by atoms with Crippen molar-refractivity contribution in [1.29, 1.82) is 0 Å². The van der Waals surface area contributed by atoms with Crippen molar-refractivity contribution >= 4 is 51.4 Å². The summed E-state index contributed by atoms with van der Waals surface area (Å²) in [4.78, 5) is 42.3. The predicted octanol–water partition coefficient (Wildman–Crippen LogP) is 3.61. The molecule has 0 radical (unpaired) electrons. The van der Waals surface area contributed by atoms with Crippen LogP contribution in [-0.2, 0) is 16.0 Å². The highest BCUT2D eigenvalue weighted by Gasteiger charge is 2.40. The summed E-state index contributed by atoms with van der Waals surface area (Å²) in [6.45, 7) is 2.00. The number of urea groups is 1. The molecule has 26 heavy (non-hydrogen) atoms. The lowest BCUT2D eigenvalue weighted by atomic mass is 10.1. The number of benzene rings is 2. The summed E-state index contributed by atoms with van der Waals surface area (Å²) in [5.41, 5.74) is 2.09. The third kappa shape index (κ3) is 3.57. The average Bonchev–Trinajstić information content (AvgIpc) is 2.63. The molecule has 0 unspecified atom stereocenters. The average molecular weight is 414 g/mol. The monoisotopic (exact) mass is 413 g/mol. The second-order valence-electron chi connectivity index (χ2n) is 5.68. The van der Waals surface area contributed by atoms with E-state index in [1.54, 1.807) is 24.3 Å². The number of para-hydroxylation sites is 1. The van der Waals surface area contributed by atoms with Crippen LogP contribution in [0.1, 0.15) is 12.5 Å². The van der Waals surface area contributed by atoms with Gasteiger partial charge in [-0.05, 0) is 42.3 Å². The predicted molar refractivity (Wildman–Crippen MR) is 103 cm³/mol. The number of aryl methyl sites for hydroxylation is 1. The van der Waals surface area contributed by atoms with Crippen LogP contribution in [0.3, 0.4) is 0 Å². The van der Waals surface area contributed by atoms with Gasteiger partial charge in [0, 0.05) is 10.7 Å². The minimum atomic E-state index is -1.17. The van der Waals surface area contributed by atoms with Crippen molar-refractivity contribution in [2.75, 3.05) is 4.90 Å². The maximum atomic E-state index is 12.7. The topological polar surface area (TPSA) is 78.8 Å². The zero-order valence-corrected chi connectivity index (χ0v) is 15.6. The zero-order chi connectivity index (χ0) is 18.7. The minimum Gasteiger partial charge on any atom is -0.276 e. The maximum Gasteiger partial charge on any atom is 0.335 e. The molecule has 1 heterocycles. The number of rotatable bonds is 4. The first-order valence-electron chi connectivity index (χ1n) is 8.07. The van der Waals surface area contributed by atoms with E-state index in [1.165, 1.54) is 6.21 Å². The molecule has 1 aliphatic rings. The molecule has 3 rings (SSSR count). The summed E-state index contributed by atoms with van der Waals surface area (Å²) in [6.07, 6.45) is 2.08. The Balaban J connectivity index is 1.90. The Morgan fingerprint density at radius 2 is 1.81 bits per heavy atom. The molecular formula is C19H16BrN3O3. The number of anilines is 1. The van der Waals surface area contributed by atoms with Crippen molar-refractivity contribution < 1.29 is 14.4 Å². The van der Waals surface area contributed by atoms with Gasteiger partial charge in [-0.2, -0.15) is 0 Å². The highest BCUT2D eigenvalue weighted by molar-refractivity contribution is 9.10. The number of amides is 4. The molecule has 6 nitrogen and oxygen atoms in total. The fourth-order valence-corrected chi connectivity index (χ4v) is 2.91. The van der Waals surface area contributed by atoms with Gasteiger partial charge in [-0.25, -0.2) is 9.69 Å². The maximum absolute atomic E-state index is 12.7. The lowest BCUT2D eigenvalue weighted by Gasteiger charge is -2.28. The Morgan fingerprint density at radius 3 is 2.50 bits per heavy atom. The molecule has 1 atom stereocenters. The summed E-state index contributed by atoms with van der Waals surface area (Å²) < 4.78 is 0.816. The molecule has 2 aromatic carbocycles. The first-order chi connectivity index (χ1) is 12.5. The number of hydrogen-bond donors (Lipinski definition) is 1. The fraction of sp³-hybridized carbons (Fsp3) is 0.158. The van der Waals surface area contributed by atoms with E-state index >= 15 is 0 Å². The van der Waals surface area contributed by atoms with Crippen LogP contribution in [0, 0.1) is 5.92 Å². The molecule has 1 aliphatic heterocycles. The van der Waals surface area contributed by atoms with Crippen molar-refractivity contribution in [1.82, 2.24) is 5.32 Å². The fourth-order valence-electron chi connectivity index (χ4n) is 2.65. The first kappa shape index (κ1) is 18.0. The number of barbiturate groups is 1. The van der Waals surface area contributed by atoms with Gasteiger partial charge in [-0.1, -0.05) is 41.1 Å². The van der Waals surface area contributed by atoms with Gasteiger partial charge in [-0.15, -0.1) is 0 Å². The summed E-state index contributed by atoms with van der Waals surface area (Å²) in [5.74, 6) is -2.47. The number of imide groups is 2. The Morgan fingerprint density at radius 1 is 1.12 bits per heavy atom. The van der Waals surface area contributed by atoms with Crippen molar-refractivity contribution in [3.63, 3.8) is 0 Å². The van der Waals surface area contributed by atoms with Gasteiger partial charge in [0.05, 0.1) is 11.4 Å². The van der Waals surface area contributed by atoms with Crippen molar-refractivity contribution in [3.05, 3.63) is 58.6 Å². The van der Waals surface area contributed by atoms with Crippen molar-refractivity contribution in [3.8, 4) is 0 Å². The SMILES string of the molecule is CCc1ccccc1N=C[C@H]1C(=O)NC(=O)N(c2ccc(Br)cc2)C1=O. The number of nitrogens with one attached hydrogen (secondary N) is 1. The standard InChI is InChI=1S/C19H16BrN3O3/c1-2-12-5-3-4-6-16(12)21-11-15-17(24)22-19(26)23(18(15)25)14-9-7-13(20)8-10-14/h3-11,15H,2H2,1H3,(H,22,24,26)/t15-/m0/s1. The van der Waals surface area contributed by atoms with Gasteiger partial charge in [-0.3, -0.25) is 19.9 Å². The Hall–Kier alpha value is -2.80. The van der Waals surface area contributed by atoms with Crippen LogP contribution in [0.5, 0.6) is 0 Å². The number of nitrogens with zero attached hydrogens (tertiary/aromatic N) is 2. The third-order valence-corrected chi connectivity index (χ3v) is 4.55. The van der Waals surface area contributed by atoms with Crippen LogP contribution < -0.4 is 10.2 Å². The van der Waals surface area contributed by atoms with Gasteiger partial charge < -0.3 is 0 Å². The molecule has 132 valence electrons. The highest BCUT2D eigenvalue weighted by Crippen LogP contribution is 2.24. The third-order valence-electron chi connectivity index (χ3n) is 4.02. The van der Waals surface area contributed by atoms with E-state index in [0.717, 1.165) is 21.4 Å². The largest absolute Gasteiger partial charge is 0.335 e. The summed E-state index contributed by atoms with van der Waals surface area (Å²) in [5, 5.41) is 2.21. The van der Waals surface area contributed by atoms with Crippen LogP contribution in [0.15, 0.2) is 58.0 Å². The molecule has 0 bridgehead atoms. The highest BCUT2D eigenvalue weighted by atomic mass is 79.9. The van der Waals surface area contributed by atoms with Crippen molar-refractivity contribution in [2.45, 2.75) is 13.3 Å². The smallest absolute Gasteiger partial charge is 0.276 e. The van der Waals surface area contributed by atoms with Gasteiger partial charge in [0.1, 0.15) is 0 Å². The molecule has 0 aromatic heterocycles. The van der Waals surface area contributed by atoms with E-state index in [2.05, 4.69) is 26.2 Å². The molecule has 1 N–H and O–H groups in total. The normalized spacial score (nSPS) is 17.7. The zero-order valence-electron chi connectivity index (χ0n) is 14.0. The quantitative estimate of drug-likeness (QED) is 0.613. The van der Waals surface area contributed by atoms with E-state index in [0.29, 0.717) is 11.4 Å². The van der Waals surface area contributed by atoms with Gasteiger partial charge in [0.25, 0.3) is 5.91 Å². The van der Waals surface area contributed by atoms with Crippen LogP contribution in [0.25, 0.3) is 0 Å². The minimum absolute atomic E-state index is 0.385. The van der Waals surface area contributed by atoms with Crippen LogP contribution in [0.2, 0.25) is 0 Å².